The Morgan fingerprint density at radius 2 is 2.25 bits per heavy atom. The molecule has 0 spiro atoms. The summed E-state index contributed by atoms with van der Waals surface area (Å²) in [6.45, 7) is 3.25. The molecule has 1 fully saturated rings. The molecule has 5 nitrogen and oxygen atoms in total. The van der Waals surface area contributed by atoms with Crippen molar-refractivity contribution in [3.63, 3.8) is 0 Å². The molecular weight excluding hydrogens is 254 g/mol. The van der Waals surface area contributed by atoms with E-state index in [0.717, 1.165) is 38.9 Å². The number of hydrogen-bond acceptors (Lipinski definition) is 4. The number of nitrogens with two attached hydrogens (primary N) is 1. The maximum absolute atomic E-state index is 11.8. The highest BCUT2D eigenvalue weighted by atomic mass is 16.5. The molecule has 1 aromatic rings. The maximum atomic E-state index is 11.8. The summed E-state index contributed by atoms with van der Waals surface area (Å²) >= 11 is 0. The predicted molar refractivity (Wildman–Crippen MR) is 76.9 cm³/mol. The second-order valence-corrected chi connectivity index (χ2v) is 5.52. The van der Waals surface area contributed by atoms with Crippen LogP contribution in [-0.4, -0.2) is 42.6 Å². The Hall–Kier alpha value is -1.46. The number of nitrogens with zero attached hydrogens (tertiary/aromatic N) is 2. The summed E-state index contributed by atoms with van der Waals surface area (Å²) in [6, 6.07) is 4.03. The van der Waals surface area contributed by atoms with Crippen molar-refractivity contribution in [1.82, 2.24) is 9.88 Å². The molecule has 110 valence electrons. The number of hydrogen-bond donors (Lipinski definition) is 1. The first-order valence-corrected chi connectivity index (χ1v) is 7.06. The zero-order valence-corrected chi connectivity index (χ0v) is 12.0. The first kappa shape index (κ1) is 14.9. The van der Waals surface area contributed by atoms with Gasteiger partial charge in [-0.25, -0.2) is 0 Å². The smallest absolute Gasteiger partial charge is 0.223 e. The highest BCUT2D eigenvalue weighted by molar-refractivity contribution is 5.81. The number of ether oxygens (including phenoxy) is 1. The van der Waals surface area contributed by atoms with E-state index in [-0.39, 0.29) is 11.3 Å². The van der Waals surface area contributed by atoms with Gasteiger partial charge in [0.15, 0.2) is 0 Å². The molecule has 0 aliphatic carbocycles. The Bertz CT molecular complexity index is 428. The molecule has 1 aromatic heterocycles. The normalized spacial score (nSPS) is 18.9. The van der Waals surface area contributed by atoms with Gasteiger partial charge in [0.25, 0.3) is 0 Å². The molecule has 1 aliphatic rings. The lowest BCUT2D eigenvalue weighted by atomic mass is 9.75. The third-order valence-corrected chi connectivity index (χ3v) is 4.25. The lowest BCUT2D eigenvalue weighted by Gasteiger charge is -2.39. The average Bonchev–Trinajstić information content (AvgIpc) is 2.47. The standard InChI is InChI=1S/C15H23N3O2/c1-20-10-6-15(14(16)19)4-8-18(9-5-15)12-13-3-2-7-17-11-13/h2-3,7,11H,4-6,8-10,12H2,1H3,(H2,16,19). The van der Waals surface area contributed by atoms with E-state index >= 15 is 0 Å². The van der Waals surface area contributed by atoms with Gasteiger partial charge in [-0.3, -0.25) is 14.7 Å². The largest absolute Gasteiger partial charge is 0.385 e. The summed E-state index contributed by atoms with van der Waals surface area (Å²) in [5.41, 5.74) is 6.44. The van der Waals surface area contributed by atoms with Crippen molar-refractivity contribution in [3.8, 4) is 0 Å². The topological polar surface area (TPSA) is 68.5 Å². The molecule has 1 saturated heterocycles. The Kier molecular flexibility index (Phi) is 5.09. The molecule has 2 rings (SSSR count). The molecule has 20 heavy (non-hydrogen) atoms. The summed E-state index contributed by atoms with van der Waals surface area (Å²) in [7, 11) is 1.66. The van der Waals surface area contributed by atoms with Gasteiger partial charge in [0.1, 0.15) is 0 Å². The number of likely N-dealkylation sites (tertiary alicyclic amines) is 1. The molecule has 0 unspecified atom stereocenters. The number of rotatable bonds is 6. The Morgan fingerprint density at radius 3 is 2.80 bits per heavy atom. The predicted octanol–water partition coefficient (Wildman–Crippen LogP) is 1.19. The van der Waals surface area contributed by atoms with E-state index < -0.39 is 0 Å². The minimum atomic E-state index is -0.387. The summed E-state index contributed by atoms with van der Waals surface area (Å²) < 4.78 is 5.11. The van der Waals surface area contributed by atoms with E-state index in [0.29, 0.717) is 6.61 Å². The molecule has 5 heteroatoms. The molecule has 0 bridgehead atoms. The Balaban J connectivity index is 1.91. The van der Waals surface area contributed by atoms with Crippen molar-refractivity contribution in [1.29, 1.82) is 0 Å². The van der Waals surface area contributed by atoms with E-state index in [1.807, 2.05) is 12.3 Å². The van der Waals surface area contributed by atoms with Crippen LogP contribution in [0, 0.1) is 5.41 Å². The number of amides is 1. The van der Waals surface area contributed by atoms with Crippen LogP contribution in [0.3, 0.4) is 0 Å². The third kappa shape index (κ3) is 3.55. The zero-order valence-electron chi connectivity index (χ0n) is 12.0. The van der Waals surface area contributed by atoms with Crippen molar-refractivity contribution < 1.29 is 9.53 Å². The number of piperidine rings is 1. The summed E-state index contributed by atoms with van der Waals surface area (Å²) in [4.78, 5) is 18.3. The van der Waals surface area contributed by atoms with Gasteiger partial charge in [0, 0.05) is 32.7 Å². The van der Waals surface area contributed by atoms with Crippen LogP contribution in [-0.2, 0) is 16.1 Å². The number of pyridine rings is 1. The average molecular weight is 277 g/mol. The first-order valence-electron chi connectivity index (χ1n) is 7.06. The van der Waals surface area contributed by atoms with Crippen LogP contribution in [0.1, 0.15) is 24.8 Å². The van der Waals surface area contributed by atoms with Gasteiger partial charge in [-0.15, -0.1) is 0 Å². The number of carbonyl (C=O) groups excluding carboxylic acids is 1. The van der Waals surface area contributed by atoms with Crippen LogP contribution >= 0.6 is 0 Å². The summed E-state index contributed by atoms with van der Waals surface area (Å²) in [6.07, 6.45) is 6.01. The van der Waals surface area contributed by atoms with Gasteiger partial charge < -0.3 is 10.5 Å². The second kappa shape index (κ2) is 6.81. The monoisotopic (exact) mass is 277 g/mol. The van der Waals surface area contributed by atoms with Crippen molar-refractivity contribution in [2.24, 2.45) is 11.1 Å². The minimum absolute atomic E-state index is 0.185. The molecule has 0 radical (unpaired) electrons. The van der Waals surface area contributed by atoms with Crippen LogP contribution in [0.4, 0.5) is 0 Å². The van der Waals surface area contributed by atoms with Gasteiger partial charge in [0.2, 0.25) is 5.91 Å². The van der Waals surface area contributed by atoms with Gasteiger partial charge in [-0.05, 0) is 44.0 Å². The highest BCUT2D eigenvalue weighted by Crippen LogP contribution is 2.35. The van der Waals surface area contributed by atoms with E-state index in [2.05, 4.69) is 16.0 Å². The van der Waals surface area contributed by atoms with Crippen molar-refractivity contribution in [2.45, 2.75) is 25.8 Å². The lowest BCUT2D eigenvalue weighted by Crippen LogP contribution is -2.47. The number of primary amides is 1. The Morgan fingerprint density at radius 1 is 1.50 bits per heavy atom. The fraction of sp³-hybridized carbons (Fsp3) is 0.600. The van der Waals surface area contributed by atoms with Crippen molar-refractivity contribution >= 4 is 5.91 Å². The van der Waals surface area contributed by atoms with Crippen LogP contribution in [0.25, 0.3) is 0 Å². The molecule has 0 atom stereocenters. The molecule has 1 amide bonds. The van der Waals surface area contributed by atoms with Crippen molar-refractivity contribution in [2.75, 3.05) is 26.8 Å². The number of methoxy groups -OCH3 is 1. The van der Waals surface area contributed by atoms with Gasteiger partial charge >= 0.3 is 0 Å². The van der Waals surface area contributed by atoms with Gasteiger partial charge in [-0.2, -0.15) is 0 Å². The third-order valence-electron chi connectivity index (χ3n) is 4.25. The minimum Gasteiger partial charge on any atom is -0.385 e. The molecular formula is C15H23N3O2. The van der Waals surface area contributed by atoms with Gasteiger partial charge in [-0.1, -0.05) is 6.07 Å². The first-order chi connectivity index (χ1) is 9.66. The molecule has 0 aromatic carbocycles. The molecule has 2 heterocycles. The second-order valence-electron chi connectivity index (χ2n) is 5.52. The van der Waals surface area contributed by atoms with Crippen LogP contribution in [0.5, 0.6) is 0 Å². The van der Waals surface area contributed by atoms with E-state index in [1.165, 1.54) is 5.56 Å². The van der Waals surface area contributed by atoms with Crippen LogP contribution in [0.2, 0.25) is 0 Å². The van der Waals surface area contributed by atoms with Gasteiger partial charge in [0.05, 0.1) is 5.41 Å². The summed E-state index contributed by atoms with van der Waals surface area (Å²) in [5, 5.41) is 0. The van der Waals surface area contributed by atoms with Crippen LogP contribution < -0.4 is 5.73 Å². The number of aromatic nitrogens is 1. The summed E-state index contributed by atoms with van der Waals surface area (Å²) in [5.74, 6) is -0.185. The maximum Gasteiger partial charge on any atom is 0.223 e. The highest BCUT2D eigenvalue weighted by Gasteiger charge is 2.39. The van der Waals surface area contributed by atoms with Crippen molar-refractivity contribution in [3.05, 3.63) is 30.1 Å². The van der Waals surface area contributed by atoms with E-state index in [1.54, 1.807) is 13.3 Å². The molecule has 2 N–H and O–H groups in total. The van der Waals surface area contributed by atoms with E-state index in [4.69, 9.17) is 10.5 Å². The zero-order chi connectivity index (χ0) is 14.4. The van der Waals surface area contributed by atoms with E-state index in [9.17, 15) is 4.79 Å². The molecule has 0 saturated carbocycles. The SMILES string of the molecule is COCCC1(C(N)=O)CCN(Cc2cccnc2)CC1. The quantitative estimate of drug-likeness (QED) is 0.848. The number of carbonyl (C=O) groups is 1. The fourth-order valence-corrected chi connectivity index (χ4v) is 2.81. The lowest BCUT2D eigenvalue weighted by molar-refractivity contribution is -0.131. The molecule has 1 aliphatic heterocycles. The Labute approximate surface area is 120 Å². The van der Waals surface area contributed by atoms with Crippen LogP contribution in [0.15, 0.2) is 24.5 Å². The fourth-order valence-electron chi connectivity index (χ4n) is 2.81.